The zero-order chi connectivity index (χ0) is 18.2. The predicted octanol–water partition coefficient (Wildman–Crippen LogP) is 1.63. The van der Waals surface area contributed by atoms with Crippen molar-refractivity contribution in [2.45, 2.75) is 26.3 Å². The van der Waals surface area contributed by atoms with Gasteiger partial charge in [-0.05, 0) is 25.8 Å². The minimum Gasteiger partial charge on any atom is -0.321 e. The van der Waals surface area contributed by atoms with Crippen LogP contribution in [0.4, 0.5) is 4.79 Å². The van der Waals surface area contributed by atoms with Gasteiger partial charge >= 0.3 is 13.2 Å². The number of rotatable bonds is 9. The molecule has 0 fully saturated rings. The molecule has 132 valence electrons. The molecule has 0 bridgehead atoms. The smallest absolute Gasteiger partial charge is 0.321 e. The second-order valence-corrected chi connectivity index (χ2v) is 6.67. The Hall–Kier alpha value is -1.86. The van der Waals surface area contributed by atoms with Crippen LogP contribution in [0.1, 0.15) is 19.4 Å². The fourth-order valence-corrected chi connectivity index (χ4v) is 3.08. The quantitative estimate of drug-likeness (QED) is 0.509. The van der Waals surface area contributed by atoms with E-state index in [0.717, 1.165) is 5.56 Å². The van der Waals surface area contributed by atoms with Gasteiger partial charge in [-0.1, -0.05) is 30.3 Å². The molecular weight excluding hydrogens is 335 g/mol. The molecule has 9 heteroatoms. The largest absolute Gasteiger partial charge is 0.418 e. The summed E-state index contributed by atoms with van der Waals surface area (Å²) in [4.78, 5) is 35.7. The van der Waals surface area contributed by atoms with Crippen LogP contribution in [0.15, 0.2) is 30.3 Å². The van der Waals surface area contributed by atoms with Crippen LogP contribution in [0, 0.1) is 0 Å². The maximum Gasteiger partial charge on any atom is 0.418 e. The Kier molecular flexibility index (Phi) is 7.94. The summed E-state index contributed by atoms with van der Waals surface area (Å²) in [5.74, 6) is -2.24. The van der Waals surface area contributed by atoms with Crippen molar-refractivity contribution < 1.29 is 28.0 Å². The predicted molar refractivity (Wildman–Crippen MR) is 87.5 cm³/mol. The molecule has 1 rings (SSSR count). The van der Waals surface area contributed by atoms with Gasteiger partial charge in [0.2, 0.25) is 5.78 Å². The van der Waals surface area contributed by atoms with Gasteiger partial charge in [-0.3, -0.25) is 19.7 Å². The van der Waals surface area contributed by atoms with Gasteiger partial charge in [0, 0.05) is 0 Å². The highest BCUT2D eigenvalue weighted by molar-refractivity contribution is 7.71. The van der Waals surface area contributed by atoms with Crippen molar-refractivity contribution in [3.8, 4) is 0 Å². The lowest BCUT2D eigenvalue weighted by Crippen LogP contribution is -2.45. The number of hydrogen-bond donors (Lipinski definition) is 2. The van der Waals surface area contributed by atoms with Gasteiger partial charge < -0.3 is 14.8 Å². The normalized spacial score (nSPS) is 12.5. The van der Waals surface area contributed by atoms with Gasteiger partial charge in [0.15, 0.2) is 0 Å². The Bertz CT molecular complexity index is 624. The third-order valence-corrected chi connectivity index (χ3v) is 4.73. The van der Waals surface area contributed by atoms with E-state index in [1.54, 1.807) is 35.6 Å². The van der Waals surface area contributed by atoms with Crippen molar-refractivity contribution >= 4 is 24.9 Å². The standard InChI is InChI=1S/C15H21N2O6P/c1-3-22-24(21,23-4-2)15(20)17-14(19)13(18)12(16)10-11-8-6-5-7-9-11/h5-9,12H,3-4,10,16H2,1-2H3,(H,17,19,20)/t12-/m0/s1. The Morgan fingerprint density at radius 3 is 2.17 bits per heavy atom. The van der Waals surface area contributed by atoms with Gasteiger partial charge in [-0.2, -0.15) is 0 Å². The number of hydrogen-bond acceptors (Lipinski definition) is 7. The molecule has 0 aliphatic carbocycles. The molecule has 1 atom stereocenters. The van der Waals surface area contributed by atoms with Crippen LogP contribution in [0.3, 0.4) is 0 Å². The highest BCUT2D eigenvalue weighted by atomic mass is 31.2. The van der Waals surface area contributed by atoms with E-state index in [-0.39, 0.29) is 19.6 Å². The van der Waals surface area contributed by atoms with Gasteiger partial charge in [0.25, 0.3) is 5.91 Å². The first kappa shape index (κ1) is 20.2. The third-order valence-electron chi connectivity index (χ3n) is 2.93. The van der Waals surface area contributed by atoms with Crippen LogP contribution in [0.25, 0.3) is 0 Å². The molecule has 3 N–H and O–H groups in total. The number of nitrogens with two attached hydrogens (primary N) is 1. The Balaban J connectivity index is 2.70. The summed E-state index contributed by atoms with van der Waals surface area (Å²) < 4.78 is 21.8. The van der Waals surface area contributed by atoms with Crippen molar-refractivity contribution in [1.82, 2.24) is 5.32 Å². The van der Waals surface area contributed by atoms with Crippen molar-refractivity contribution in [3.05, 3.63) is 35.9 Å². The average Bonchev–Trinajstić information content (AvgIpc) is 2.55. The molecule has 2 amide bonds. The maximum absolute atomic E-state index is 12.2. The van der Waals surface area contributed by atoms with E-state index >= 15 is 0 Å². The van der Waals surface area contributed by atoms with Crippen molar-refractivity contribution in [3.63, 3.8) is 0 Å². The number of Topliss-reactive ketones (excluding diaryl/α,β-unsaturated/α-hetero) is 1. The molecule has 0 aliphatic heterocycles. The van der Waals surface area contributed by atoms with Gasteiger partial charge in [-0.15, -0.1) is 0 Å². The highest BCUT2D eigenvalue weighted by Crippen LogP contribution is 2.48. The molecule has 0 saturated carbocycles. The van der Waals surface area contributed by atoms with Crippen LogP contribution < -0.4 is 11.1 Å². The van der Waals surface area contributed by atoms with Crippen LogP contribution in [-0.2, 0) is 29.6 Å². The number of benzene rings is 1. The van der Waals surface area contributed by atoms with Crippen LogP contribution >= 0.6 is 7.60 Å². The van der Waals surface area contributed by atoms with Gasteiger partial charge in [-0.25, -0.2) is 4.57 Å². The number of nitrogens with one attached hydrogen (secondary N) is 1. The first-order chi connectivity index (χ1) is 11.3. The number of amides is 2. The lowest BCUT2D eigenvalue weighted by molar-refractivity contribution is -0.137. The van der Waals surface area contributed by atoms with E-state index in [1.807, 2.05) is 0 Å². The monoisotopic (exact) mass is 356 g/mol. The highest BCUT2D eigenvalue weighted by Gasteiger charge is 2.37. The molecule has 0 heterocycles. The number of carbonyl (C=O) groups excluding carboxylic acids is 3. The van der Waals surface area contributed by atoms with Crippen molar-refractivity contribution in [2.24, 2.45) is 5.73 Å². The summed E-state index contributed by atoms with van der Waals surface area (Å²) in [6.07, 6.45) is 0.135. The van der Waals surface area contributed by atoms with Crippen molar-refractivity contribution in [2.75, 3.05) is 13.2 Å². The molecule has 0 unspecified atom stereocenters. The van der Waals surface area contributed by atoms with Gasteiger partial charge in [0.1, 0.15) is 0 Å². The first-order valence-electron chi connectivity index (χ1n) is 7.42. The average molecular weight is 356 g/mol. The second kappa shape index (κ2) is 9.44. The van der Waals surface area contributed by atoms with Crippen LogP contribution in [0.2, 0.25) is 0 Å². The van der Waals surface area contributed by atoms with Gasteiger partial charge in [0.05, 0.1) is 19.3 Å². The summed E-state index contributed by atoms with van der Waals surface area (Å²) in [6.45, 7) is 2.92. The topological polar surface area (TPSA) is 125 Å². The molecule has 0 saturated heterocycles. The molecule has 1 aromatic carbocycles. The maximum atomic E-state index is 12.2. The number of carbonyl (C=O) groups is 3. The van der Waals surface area contributed by atoms with E-state index in [2.05, 4.69) is 0 Å². The number of ketones is 1. The Morgan fingerprint density at radius 1 is 1.12 bits per heavy atom. The molecule has 0 spiro atoms. The Labute approximate surface area is 140 Å². The molecule has 0 radical (unpaired) electrons. The summed E-state index contributed by atoms with van der Waals surface area (Å²) in [5.41, 5.74) is 5.19. The Morgan fingerprint density at radius 2 is 1.67 bits per heavy atom. The minimum atomic E-state index is -4.16. The molecule has 8 nitrogen and oxygen atoms in total. The summed E-state index contributed by atoms with van der Waals surface area (Å²) in [6, 6.07) is 7.75. The fourth-order valence-electron chi connectivity index (χ4n) is 1.85. The van der Waals surface area contributed by atoms with E-state index < -0.39 is 31.0 Å². The minimum absolute atomic E-state index is 0.0552. The van der Waals surface area contributed by atoms with E-state index in [4.69, 9.17) is 14.8 Å². The summed E-state index contributed by atoms with van der Waals surface area (Å²) in [5, 5.41) is 1.74. The lowest BCUT2D eigenvalue weighted by Gasteiger charge is -2.16. The van der Waals surface area contributed by atoms with Crippen molar-refractivity contribution in [1.29, 1.82) is 0 Å². The zero-order valence-electron chi connectivity index (χ0n) is 13.6. The van der Waals surface area contributed by atoms with Crippen LogP contribution in [-0.4, -0.2) is 36.6 Å². The third kappa shape index (κ3) is 5.65. The molecule has 1 aromatic rings. The van der Waals surface area contributed by atoms with Crippen LogP contribution in [0.5, 0.6) is 0 Å². The SMILES string of the molecule is CCOP(=O)(OCC)C(=O)NC(=O)C(=O)[C@@H](N)Cc1ccccc1. The second-order valence-electron chi connectivity index (χ2n) is 4.75. The molecule has 24 heavy (non-hydrogen) atoms. The molecule has 0 aromatic heterocycles. The zero-order valence-corrected chi connectivity index (χ0v) is 14.5. The molecule has 0 aliphatic rings. The fraction of sp³-hybridized carbons (Fsp3) is 0.400. The lowest BCUT2D eigenvalue weighted by atomic mass is 10.0. The molecular formula is C15H21N2O6P. The summed E-state index contributed by atoms with van der Waals surface area (Å²) in [7, 11) is -4.16. The number of imide groups is 1. The van der Waals surface area contributed by atoms with E-state index in [1.165, 1.54) is 13.8 Å². The van der Waals surface area contributed by atoms with E-state index in [0.29, 0.717) is 0 Å². The summed E-state index contributed by atoms with van der Waals surface area (Å²) >= 11 is 0. The first-order valence-corrected chi connectivity index (χ1v) is 8.96. The van der Waals surface area contributed by atoms with E-state index in [9.17, 15) is 18.9 Å².